The average Bonchev–Trinajstić information content (AvgIpc) is 2.78. The zero-order valence-electron chi connectivity index (χ0n) is 12.1. The normalized spacial score (nSPS) is 39.5. The van der Waals surface area contributed by atoms with Gasteiger partial charge in [0.25, 0.3) is 0 Å². The largest absolute Gasteiger partial charge is 0.317 e. The van der Waals surface area contributed by atoms with E-state index in [9.17, 15) is 0 Å². The van der Waals surface area contributed by atoms with Crippen molar-refractivity contribution in [2.45, 2.75) is 51.9 Å². The van der Waals surface area contributed by atoms with Gasteiger partial charge in [-0.05, 0) is 69.0 Å². The molecule has 1 saturated carbocycles. The average molecular weight is 250 g/mol. The fraction of sp³-hybridized carbons (Fsp3) is 1.00. The third-order valence-corrected chi connectivity index (χ3v) is 5.83. The standard InChI is InChI=1S/C16H30N2/c1-14-2-6-16(7-3-14)8-11-18(13-16)12-15-4-9-17-10-5-15/h14-15,17H,2-13H2,1H3. The smallest absolute Gasteiger partial charge is 0.00386 e. The Hall–Kier alpha value is -0.0800. The van der Waals surface area contributed by atoms with Crippen LogP contribution in [-0.2, 0) is 0 Å². The van der Waals surface area contributed by atoms with Crippen LogP contribution in [0.3, 0.4) is 0 Å². The molecule has 3 aliphatic rings. The van der Waals surface area contributed by atoms with E-state index < -0.39 is 0 Å². The molecule has 2 aliphatic heterocycles. The number of hydrogen-bond acceptors (Lipinski definition) is 2. The van der Waals surface area contributed by atoms with E-state index in [1.807, 2.05) is 0 Å². The summed E-state index contributed by atoms with van der Waals surface area (Å²) in [6.07, 6.45) is 10.3. The van der Waals surface area contributed by atoms with Crippen LogP contribution in [0, 0.1) is 17.3 Å². The molecule has 0 radical (unpaired) electrons. The number of hydrogen-bond donors (Lipinski definition) is 1. The maximum atomic E-state index is 3.48. The van der Waals surface area contributed by atoms with E-state index in [1.54, 1.807) is 0 Å². The molecule has 18 heavy (non-hydrogen) atoms. The molecule has 3 rings (SSSR count). The summed E-state index contributed by atoms with van der Waals surface area (Å²) >= 11 is 0. The quantitative estimate of drug-likeness (QED) is 0.810. The molecule has 0 unspecified atom stereocenters. The molecule has 0 aromatic rings. The van der Waals surface area contributed by atoms with Crippen molar-refractivity contribution in [3.63, 3.8) is 0 Å². The van der Waals surface area contributed by atoms with Crippen LogP contribution < -0.4 is 5.32 Å². The van der Waals surface area contributed by atoms with Crippen LogP contribution in [0.15, 0.2) is 0 Å². The van der Waals surface area contributed by atoms with Gasteiger partial charge in [-0.3, -0.25) is 0 Å². The van der Waals surface area contributed by atoms with Crippen molar-refractivity contribution in [3.8, 4) is 0 Å². The highest BCUT2D eigenvalue weighted by Crippen LogP contribution is 2.45. The van der Waals surface area contributed by atoms with Gasteiger partial charge in [-0.15, -0.1) is 0 Å². The molecule has 1 N–H and O–H groups in total. The molecular weight excluding hydrogens is 220 g/mol. The first kappa shape index (κ1) is 12.9. The Morgan fingerprint density at radius 3 is 2.50 bits per heavy atom. The van der Waals surface area contributed by atoms with Crippen LogP contribution in [0.25, 0.3) is 0 Å². The van der Waals surface area contributed by atoms with E-state index >= 15 is 0 Å². The fourth-order valence-corrected chi connectivity index (χ4v) is 4.40. The lowest BCUT2D eigenvalue weighted by molar-refractivity contribution is 0.147. The minimum Gasteiger partial charge on any atom is -0.317 e. The maximum Gasteiger partial charge on any atom is 0.00386 e. The lowest BCUT2D eigenvalue weighted by atomic mass is 9.70. The summed E-state index contributed by atoms with van der Waals surface area (Å²) in [5, 5.41) is 3.48. The summed E-state index contributed by atoms with van der Waals surface area (Å²) in [5.41, 5.74) is 0.736. The van der Waals surface area contributed by atoms with Crippen LogP contribution >= 0.6 is 0 Å². The minimum atomic E-state index is 0.736. The molecular formula is C16H30N2. The molecule has 0 bridgehead atoms. The Balaban J connectivity index is 1.48. The molecule has 3 fully saturated rings. The van der Waals surface area contributed by atoms with E-state index in [1.165, 1.54) is 77.7 Å². The highest BCUT2D eigenvalue weighted by atomic mass is 15.2. The summed E-state index contributed by atoms with van der Waals surface area (Å²) in [7, 11) is 0. The summed E-state index contributed by atoms with van der Waals surface area (Å²) in [5.74, 6) is 1.97. The summed E-state index contributed by atoms with van der Waals surface area (Å²) in [6, 6.07) is 0. The maximum absolute atomic E-state index is 3.48. The van der Waals surface area contributed by atoms with Gasteiger partial charge in [0.1, 0.15) is 0 Å². The highest BCUT2D eigenvalue weighted by Gasteiger charge is 2.40. The van der Waals surface area contributed by atoms with Crippen molar-refractivity contribution in [1.82, 2.24) is 10.2 Å². The second-order valence-corrected chi connectivity index (χ2v) is 7.36. The fourth-order valence-electron chi connectivity index (χ4n) is 4.40. The predicted molar refractivity (Wildman–Crippen MR) is 76.7 cm³/mol. The van der Waals surface area contributed by atoms with Gasteiger partial charge in [0.15, 0.2) is 0 Å². The third kappa shape index (κ3) is 2.91. The molecule has 0 atom stereocenters. The van der Waals surface area contributed by atoms with Gasteiger partial charge in [0.2, 0.25) is 0 Å². The van der Waals surface area contributed by atoms with Crippen molar-refractivity contribution in [1.29, 1.82) is 0 Å². The number of rotatable bonds is 2. The molecule has 1 aliphatic carbocycles. The Kier molecular flexibility index (Phi) is 3.95. The van der Waals surface area contributed by atoms with E-state index in [0.717, 1.165) is 17.3 Å². The lowest BCUT2D eigenvalue weighted by Gasteiger charge is -2.36. The van der Waals surface area contributed by atoms with Crippen LogP contribution in [-0.4, -0.2) is 37.6 Å². The molecule has 2 nitrogen and oxygen atoms in total. The first-order chi connectivity index (χ1) is 8.76. The number of piperidine rings is 1. The second-order valence-electron chi connectivity index (χ2n) is 7.36. The summed E-state index contributed by atoms with van der Waals surface area (Å²) in [6.45, 7) is 9.14. The van der Waals surface area contributed by atoms with Gasteiger partial charge < -0.3 is 10.2 Å². The van der Waals surface area contributed by atoms with Gasteiger partial charge in [0, 0.05) is 13.1 Å². The highest BCUT2D eigenvalue weighted by molar-refractivity contribution is 4.93. The second kappa shape index (κ2) is 5.50. The molecule has 0 aromatic carbocycles. The SMILES string of the molecule is CC1CCC2(CC1)CCN(CC1CCNCC1)C2. The van der Waals surface area contributed by atoms with Crippen LogP contribution in [0.4, 0.5) is 0 Å². The summed E-state index contributed by atoms with van der Waals surface area (Å²) < 4.78 is 0. The summed E-state index contributed by atoms with van der Waals surface area (Å²) in [4.78, 5) is 2.80. The van der Waals surface area contributed by atoms with Gasteiger partial charge >= 0.3 is 0 Å². The molecule has 2 heteroatoms. The van der Waals surface area contributed by atoms with E-state index in [-0.39, 0.29) is 0 Å². The van der Waals surface area contributed by atoms with Gasteiger partial charge in [0.05, 0.1) is 0 Å². The van der Waals surface area contributed by atoms with E-state index in [2.05, 4.69) is 17.1 Å². The number of likely N-dealkylation sites (tertiary alicyclic amines) is 1. The van der Waals surface area contributed by atoms with Crippen molar-refractivity contribution >= 4 is 0 Å². The van der Waals surface area contributed by atoms with Crippen molar-refractivity contribution < 1.29 is 0 Å². The van der Waals surface area contributed by atoms with Gasteiger partial charge in [-0.1, -0.05) is 19.8 Å². The monoisotopic (exact) mass is 250 g/mol. The van der Waals surface area contributed by atoms with Crippen LogP contribution in [0.2, 0.25) is 0 Å². The molecule has 0 aromatic heterocycles. The predicted octanol–water partition coefficient (Wildman–Crippen LogP) is 2.89. The van der Waals surface area contributed by atoms with E-state index in [4.69, 9.17) is 0 Å². The number of nitrogens with one attached hydrogen (secondary N) is 1. The minimum absolute atomic E-state index is 0.736. The first-order valence-corrected chi connectivity index (χ1v) is 8.19. The Morgan fingerprint density at radius 1 is 1.06 bits per heavy atom. The van der Waals surface area contributed by atoms with Crippen molar-refractivity contribution in [2.24, 2.45) is 17.3 Å². The Bertz CT molecular complexity index is 262. The van der Waals surface area contributed by atoms with Crippen LogP contribution in [0.1, 0.15) is 51.9 Å². The Labute approximate surface area is 113 Å². The van der Waals surface area contributed by atoms with Crippen molar-refractivity contribution in [2.75, 3.05) is 32.7 Å². The van der Waals surface area contributed by atoms with Gasteiger partial charge in [-0.2, -0.15) is 0 Å². The number of nitrogens with zero attached hydrogens (tertiary/aromatic N) is 1. The molecule has 1 spiro atoms. The third-order valence-electron chi connectivity index (χ3n) is 5.83. The molecule has 104 valence electrons. The van der Waals surface area contributed by atoms with E-state index in [0.29, 0.717) is 0 Å². The lowest BCUT2D eigenvalue weighted by Crippen LogP contribution is -2.37. The van der Waals surface area contributed by atoms with Gasteiger partial charge in [-0.25, -0.2) is 0 Å². The van der Waals surface area contributed by atoms with Crippen LogP contribution in [0.5, 0.6) is 0 Å². The zero-order chi connectivity index (χ0) is 12.4. The van der Waals surface area contributed by atoms with Crippen molar-refractivity contribution in [3.05, 3.63) is 0 Å². The topological polar surface area (TPSA) is 15.3 Å². The molecule has 0 amide bonds. The molecule has 2 heterocycles. The first-order valence-electron chi connectivity index (χ1n) is 8.19. The zero-order valence-corrected chi connectivity index (χ0v) is 12.1. The molecule has 2 saturated heterocycles. The Morgan fingerprint density at radius 2 is 1.78 bits per heavy atom.